The SMILES string of the molecule is CCOc1ccc(N2C(=O)/C(=C\c3cc(Br)c(OCC(=O)O)c(Br)c3)C(=O)NC2=S)cc1. The van der Waals surface area contributed by atoms with Gasteiger partial charge in [0.15, 0.2) is 11.7 Å². The van der Waals surface area contributed by atoms with E-state index in [1.807, 2.05) is 6.92 Å². The molecule has 8 nitrogen and oxygen atoms in total. The number of carboxylic acids is 1. The van der Waals surface area contributed by atoms with Crippen LogP contribution in [0.4, 0.5) is 5.69 Å². The minimum Gasteiger partial charge on any atom is -0.494 e. The number of carboxylic acid groups (broad SMARTS) is 1. The number of carbonyl (C=O) groups excluding carboxylic acids is 2. The molecule has 11 heteroatoms. The Labute approximate surface area is 205 Å². The van der Waals surface area contributed by atoms with E-state index in [9.17, 15) is 14.4 Å². The molecular formula is C21H16Br2N2O6S. The van der Waals surface area contributed by atoms with Crippen molar-refractivity contribution in [1.82, 2.24) is 5.32 Å². The molecule has 32 heavy (non-hydrogen) atoms. The molecule has 2 aromatic carbocycles. The van der Waals surface area contributed by atoms with Crippen LogP contribution in [0.1, 0.15) is 12.5 Å². The monoisotopic (exact) mass is 582 g/mol. The molecule has 0 bridgehead atoms. The van der Waals surface area contributed by atoms with E-state index in [0.717, 1.165) is 0 Å². The summed E-state index contributed by atoms with van der Waals surface area (Å²) in [4.78, 5) is 37.6. The summed E-state index contributed by atoms with van der Waals surface area (Å²) in [6, 6.07) is 9.96. The fourth-order valence-electron chi connectivity index (χ4n) is 2.85. The number of benzene rings is 2. The second-order valence-corrected chi connectivity index (χ2v) is 8.48. The van der Waals surface area contributed by atoms with Gasteiger partial charge in [0.2, 0.25) is 0 Å². The molecule has 1 saturated heterocycles. The van der Waals surface area contributed by atoms with Crippen molar-refractivity contribution in [3.63, 3.8) is 0 Å². The fraction of sp³-hybridized carbons (Fsp3) is 0.143. The first-order valence-electron chi connectivity index (χ1n) is 9.19. The summed E-state index contributed by atoms with van der Waals surface area (Å²) in [6.07, 6.45) is 1.41. The largest absolute Gasteiger partial charge is 0.494 e. The van der Waals surface area contributed by atoms with Crippen LogP contribution in [0.15, 0.2) is 50.9 Å². The summed E-state index contributed by atoms with van der Waals surface area (Å²) in [7, 11) is 0. The van der Waals surface area contributed by atoms with Crippen molar-refractivity contribution in [1.29, 1.82) is 0 Å². The Morgan fingerprint density at radius 3 is 2.34 bits per heavy atom. The molecule has 0 spiro atoms. The molecule has 1 heterocycles. The van der Waals surface area contributed by atoms with Gasteiger partial charge in [-0.15, -0.1) is 0 Å². The Morgan fingerprint density at radius 1 is 1.16 bits per heavy atom. The summed E-state index contributed by atoms with van der Waals surface area (Å²) in [5.74, 6) is -1.40. The molecule has 0 aliphatic carbocycles. The highest BCUT2D eigenvalue weighted by Gasteiger charge is 2.34. The topological polar surface area (TPSA) is 105 Å². The van der Waals surface area contributed by atoms with Crippen molar-refractivity contribution in [2.45, 2.75) is 6.92 Å². The third-order valence-corrected chi connectivity index (χ3v) is 5.64. The van der Waals surface area contributed by atoms with Gasteiger partial charge in [-0.1, -0.05) is 0 Å². The van der Waals surface area contributed by atoms with Crippen LogP contribution in [-0.2, 0) is 14.4 Å². The Balaban J connectivity index is 1.93. The van der Waals surface area contributed by atoms with Crippen molar-refractivity contribution in [2.24, 2.45) is 0 Å². The number of carbonyl (C=O) groups is 3. The van der Waals surface area contributed by atoms with Gasteiger partial charge in [-0.05, 0) is 99.0 Å². The number of hydrogen-bond donors (Lipinski definition) is 2. The number of aliphatic carboxylic acids is 1. The number of nitrogens with zero attached hydrogens (tertiary/aromatic N) is 1. The molecule has 1 aliphatic heterocycles. The van der Waals surface area contributed by atoms with Gasteiger partial charge >= 0.3 is 5.97 Å². The first-order chi connectivity index (χ1) is 15.2. The van der Waals surface area contributed by atoms with Crippen LogP contribution >= 0.6 is 44.1 Å². The number of amides is 2. The fourth-order valence-corrected chi connectivity index (χ4v) is 4.58. The van der Waals surface area contributed by atoms with Crippen LogP contribution in [0.25, 0.3) is 6.08 Å². The van der Waals surface area contributed by atoms with Crippen LogP contribution in [0.3, 0.4) is 0 Å². The minimum absolute atomic E-state index is 0.0268. The number of halogens is 2. The molecule has 2 aromatic rings. The van der Waals surface area contributed by atoms with Gasteiger partial charge in [0.25, 0.3) is 11.8 Å². The first kappa shape index (κ1) is 23.9. The Morgan fingerprint density at radius 2 is 1.78 bits per heavy atom. The lowest BCUT2D eigenvalue weighted by Crippen LogP contribution is -2.54. The zero-order chi connectivity index (χ0) is 23.4. The molecule has 1 aliphatic rings. The number of anilines is 1. The summed E-state index contributed by atoms with van der Waals surface area (Å²) in [6.45, 7) is 1.85. The van der Waals surface area contributed by atoms with E-state index < -0.39 is 24.4 Å². The minimum atomic E-state index is -1.12. The summed E-state index contributed by atoms with van der Waals surface area (Å²) in [5, 5.41) is 11.3. The van der Waals surface area contributed by atoms with E-state index in [0.29, 0.717) is 32.6 Å². The van der Waals surface area contributed by atoms with Crippen LogP contribution in [0.5, 0.6) is 11.5 Å². The molecule has 0 atom stereocenters. The lowest BCUT2D eigenvalue weighted by molar-refractivity contribution is -0.139. The predicted octanol–water partition coefficient (Wildman–Crippen LogP) is 3.91. The van der Waals surface area contributed by atoms with E-state index in [1.165, 1.54) is 11.0 Å². The number of ether oxygens (including phenoxy) is 2. The first-order valence-corrected chi connectivity index (χ1v) is 11.2. The number of hydrogen-bond acceptors (Lipinski definition) is 6. The van der Waals surface area contributed by atoms with Crippen molar-refractivity contribution < 1.29 is 29.0 Å². The lowest BCUT2D eigenvalue weighted by Gasteiger charge is -2.29. The van der Waals surface area contributed by atoms with Gasteiger partial charge in [-0.25, -0.2) is 4.79 Å². The number of thiocarbonyl (C=S) groups is 1. The Bertz CT molecular complexity index is 1110. The maximum atomic E-state index is 13.1. The smallest absolute Gasteiger partial charge is 0.341 e. The molecule has 0 unspecified atom stereocenters. The molecule has 3 rings (SSSR count). The highest BCUT2D eigenvalue weighted by atomic mass is 79.9. The number of nitrogens with one attached hydrogen (secondary N) is 1. The molecule has 2 N–H and O–H groups in total. The van der Waals surface area contributed by atoms with E-state index in [2.05, 4.69) is 37.2 Å². The van der Waals surface area contributed by atoms with Crippen molar-refractivity contribution in [3.05, 3.63) is 56.5 Å². The second kappa shape index (κ2) is 10.2. The molecule has 1 fully saturated rings. The molecule has 0 radical (unpaired) electrons. The Hall–Kier alpha value is -2.76. The zero-order valence-corrected chi connectivity index (χ0v) is 20.5. The molecule has 0 saturated carbocycles. The quantitative estimate of drug-likeness (QED) is 0.289. The second-order valence-electron chi connectivity index (χ2n) is 6.38. The molecule has 2 amide bonds. The average Bonchev–Trinajstić information content (AvgIpc) is 2.71. The summed E-state index contributed by atoms with van der Waals surface area (Å²) >= 11 is 11.8. The van der Waals surface area contributed by atoms with Crippen LogP contribution in [0, 0.1) is 0 Å². The van der Waals surface area contributed by atoms with Crippen molar-refractivity contribution >= 4 is 78.7 Å². The van der Waals surface area contributed by atoms with Gasteiger partial charge in [-0.2, -0.15) is 0 Å². The highest BCUT2D eigenvalue weighted by molar-refractivity contribution is 9.11. The average molecular weight is 584 g/mol. The van der Waals surface area contributed by atoms with Crippen LogP contribution in [-0.4, -0.2) is 41.2 Å². The summed E-state index contributed by atoms with van der Waals surface area (Å²) in [5.41, 5.74) is 0.865. The zero-order valence-electron chi connectivity index (χ0n) is 16.6. The van der Waals surface area contributed by atoms with Gasteiger partial charge in [0.1, 0.15) is 17.1 Å². The lowest BCUT2D eigenvalue weighted by atomic mass is 10.1. The predicted molar refractivity (Wildman–Crippen MR) is 129 cm³/mol. The molecular weight excluding hydrogens is 568 g/mol. The molecule has 166 valence electrons. The van der Waals surface area contributed by atoms with E-state index in [4.69, 9.17) is 26.8 Å². The van der Waals surface area contributed by atoms with E-state index >= 15 is 0 Å². The third kappa shape index (κ3) is 5.34. The van der Waals surface area contributed by atoms with Gasteiger partial charge in [0, 0.05) is 0 Å². The Kier molecular flexibility index (Phi) is 7.64. The van der Waals surface area contributed by atoms with E-state index in [-0.39, 0.29) is 16.4 Å². The standard InChI is InChI=1S/C21H16Br2N2O6S/c1-2-30-13-5-3-12(4-6-13)25-20(29)14(19(28)24-21(25)32)7-11-8-15(22)18(16(23)9-11)31-10-17(26)27/h3-9H,2,10H2,1H3,(H,26,27)(H,24,28,32)/b14-7-. The maximum Gasteiger partial charge on any atom is 0.341 e. The van der Waals surface area contributed by atoms with Crippen LogP contribution in [0.2, 0.25) is 0 Å². The normalized spacial score (nSPS) is 15.0. The van der Waals surface area contributed by atoms with Crippen molar-refractivity contribution in [3.8, 4) is 11.5 Å². The van der Waals surface area contributed by atoms with E-state index in [1.54, 1.807) is 36.4 Å². The van der Waals surface area contributed by atoms with Crippen molar-refractivity contribution in [2.75, 3.05) is 18.1 Å². The van der Waals surface area contributed by atoms with Crippen LogP contribution < -0.4 is 19.7 Å². The number of rotatable bonds is 7. The maximum absolute atomic E-state index is 13.1. The molecule has 0 aromatic heterocycles. The highest BCUT2D eigenvalue weighted by Crippen LogP contribution is 2.36. The summed E-state index contributed by atoms with van der Waals surface area (Å²) < 4.78 is 11.5. The third-order valence-electron chi connectivity index (χ3n) is 4.18. The van der Waals surface area contributed by atoms with Gasteiger partial charge in [0.05, 0.1) is 21.2 Å². The van der Waals surface area contributed by atoms with Gasteiger partial charge < -0.3 is 14.6 Å². The van der Waals surface area contributed by atoms with Gasteiger partial charge in [-0.3, -0.25) is 19.8 Å².